The first-order chi connectivity index (χ1) is 16.6. The number of thioether (sulfide) groups is 1. The molecule has 0 bridgehead atoms. The summed E-state index contributed by atoms with van der Waals surface area (Å²) in [5.74, 6) is 0.813. The van der Waals surface area contributed by atoms with Crippen LogP contribution in [0.4, 0.5) is 0 Å². The second-order valence-electron chi connectivity index (χ2n) is 10.9. The molecule has 3 aromatic carbocycles. The van der Waals surface area contributed by atoms with Gasteiger partial charge in [0.1, 0.15) is 0 Å². The molecule has 3 aromatic rings. The van der Waals surface area contributed by atoms with Crippen LogP contribution in [0.15, 0.2) is 91.0 Å². The van der Waals surface area contributed by atoms with Crippen molar-refractivity contribution in [3.05, 3.63) is 108 Å². The van der Waals surface area contributed by atoms with Gasteiger partial charge in [0.25, 0.3) is 0 Å². The van der Waals surface area contributed by atoms with Crippen molar-refractivity contribution in [3.8, 4) is 0 Å². The molecule has 0 heterocycles. The second-order valence-corrected chi connectivity index (χ2v) is 16.9. The molecule has 0 saturated heterocycles. The standard InChI is InChI=1S/C31H42O2SSi/c1-8-30(32-5,24-33-35(6,7)29(2,3)4)25-34-31(26-18-12-9-13-19-26,27-20-14-10-15-21-27)28-22-16-11-17-23-28/h9-23H,8,24-25H2,1-7H3/t30-/m1/s1. The third-order valence-corrected chi connectivity index (χ3v) is 14.0. The number of benzene rings is 3. The minimum absolute atomic E-state index is 0.162. The van der Waals surface area contributed by atoms with Crippen molar-refractivity contribution >= 4 is 20.1 Å². The van der Waals surface area contributed by atoms with E-state index in [9.17, 15) is 0 Å². The zero-order valence-corrected chi connectivity index (χ0v) is 24.3. The van der Waals surface area contributed by atoms with Gasteiger partial charge in [-0.3, -0.25) is 0 Å². The topological polar surface area (TPSA) is 18.5 Å². The molecule has 0 radical (unpaired) electrons. The number of hydrogen-bond acceptors (Lipinski definition) is 3. The Kier molecular flexibility index (Phi) is 9.09. The van der Waals surface area contributed by atoms with E-state index >= 15 is 0 Å². The normalized spacial score (nSPS) is 14.5. The Labute approximate surface area is 218 Å². The monoisotopic (exact) mass is 506 g/mol. The van der Waals surface area contributed by atoms with E-state index in [4.69, 9.17) is 9.16 Å². The quantitative estimate of drug-likeness (QED) is 0.192. The van der Waals surface area contributed by atoms with Crippen LogP contribution in [-0.2, 0) is 13.9 Å². The van der Waals surface area contributed by atoms with Gasteiger partial charge in [0, 0.05) is 12.9 Å². The van der Waals surface area contributed by atoms with Crippen LogP contribution in [0.1, 0.15) is 50.8 Å². The maximum absolute atomic E-state index is 6.72. The SMILES string of the molecule is CC[C@@](CO[Si](C)(C)C(C)(C)C)(CSC(c1ccccc1)(c1ccccc1)c1ccccc1)OC. The highest BCUT2D eigenvalue weighted by molar-refractivity contribution is 8.00. The van der Waals surface area contributed by atoms with Gasteiger partial charge < -0.3 is 9.16 Å². The molecule has 4 heteroatoms. The lowest BCUT2D eigenvalue weighted by atomic mass is 9.84. The number of ether oxygens (including phenoxy) is 1. The van der Waals surface area contributed by atoms with Gasteiger partial charge in [-0.05, 0) is 41.2 Å². The van der Waals surface area contributed by atoms with Crippen molar-refractivity contribution in [1.82, 2.24) is 0 Å². The molecule has 0 aliphatic carbocycles. The van der Waals surface area contributed by atoms with E-state index in [-0.39, 0.29) is 15.4 Å². The zero-order valence-electron chi connectivity index (χ0n) is 22.5. The number of hydrogen-bond donors (Lipinski definition) is 0. The van der Waals surface area contributed by atoms with Gasteiger partial charge in [0.05, 0.1) is 17.0 Å². The molecular formula is C31H42O2SSi. The molecule has 35 heavy (non-hydrogen) atoms. The Morgan fingerprint density at radius 1 is 0.714 bits per heavy atom. The van der Waals surface area contributed by atoms with Gasteiger partial charge in [-0.2, -0.15) is 0 Å². The molecule has 0 aromatic heterocycles. The highest BCUT2D eigenvalue weighted by Gasteiger charge is 2.43. The molecule has 0 amide bonds. The molecule has 0 aliphatic heterocycles. The van der Waals surface area contributed by atoms with Crippen LogP contribution in [0.5, 0.6) is 0 Å². The summed E-state index contributed by atoms with van der Waals surface area (Å²) in [5, 5.41) is 0.162. The van der Waals surface area contributed by atoms with E-state index in [2.05, 4.69) is 132 Å². The minimum atomic E-state index is -1.90. The van der Waals surface area contributed by atoms with Gasteiger partial charge in [-0.1, -0.05) is 119 Å². The molecule has 3 rings (SSSR count). The smallest absolute Gasteiger partial charge is 0.192 e. The Morgan fingerprint density at radius 2 is 1.11 bits per heavy atom. The summed E-state index contributed by atoms with van der Waals surface area (Å²) < 4.78 is 12.6. The third-order valence-electron chi connectivity index (χ3n) is 7.67. The molecule has 0 spiro atoms. The number of rotatable bonds is 11. The van der Waals surface area contributed by atoms with Crippen molar-refractivity contribution < 1.29 is 9.16 Å². The van der Waals surface area contributed by atoms with E-state index in [0.717, 1.165) is 12.2 Å². The molecule has 2 nitrogen and oxygen atoms in total. The molecule has 0 unspecified atom stereocenters. The molecule has 0 fully saturated rings. The third kappa shape index (κ3) is 6.11. The minimum Gasteiger partial charge on any atom is -0.414 e. The van der Waals surface area contributed by atoms with Gasteiger partial charge in [0.15, 0.2) is 8.32 Å². The first kappa shape index (κ1) is 27.7. The van der Waals surface area contributed by atoms with Crippen molar-refractivity contribution in [2.45, 2.75) is 62.6 Å². The number of methoxy groups -OCH3 is 1. The van der Waals surface area contributed by atoms with Gasteiger partial charge in [-0.25, -0.2) is 0 Å². The summed E-state index contributed by atoms with van der Waals surface area (Å²) in [6.45, 7) is 14.3. The summed E-state index contributed by atoms with van der Waals surface area (Å²) in [4.78, 5) is 0. The van der Waals surface area contributed by atoms with Gasteiger partial charge >= 0.3 is 0 Å². The maximum Gasteiger partial charge on any atom is 0.192 e. The van der Waals surface area contributed by atoms with Crippen LogP contribution in [0.25, 0.3) is 0 Å². The Morgan fingerprint density at radius 3 is 1.43 bits per heavy atom. The van der Waals surface area contributed by atoms with Crippen LogP contribution >= 0.6 is 11.8 Å². The van der Waals surface area contributed by atoms with Crippen molar-refractivity contribution in [2.24, 2.45) is 0 Å². The highest BCUT2D eigenvalue weighted by Crippen LogP contribution is 2.50. The van der Waals surface area contributed by atoms with E-state index in [1.807, 2.05) is 18.9 Å². The maximum atomic E-state index is 6.72. The van der Waals surface area contributed by atoms with Crippen molar-refractivity contribution in [1.29, 1.82) is 0 Å². The lowest BCUT2D eigenvalue weighted by Gasteiger charge is -2.42. The lowest BCUT2D eigenvalue weighted by Crippen LogP contribution is -2.48. The van der Waals surface area contributed by atoms with Crippen LogP contribution in [0.3, 0.4) is 0 Å². The van der Waals surface area contributed by atoms with Crippen LogP contribution in [0.2, 0.25) is 18.1 Å². The summed E-state index contributed by atoms with van der Waals surface area (Å²) in [7, 11) is -0.0616. The first-order valence-electron chi connectivity index (χ1n) is 12.6. The summed E-state index contributed by atoms with van der Waals surface area (Å²) >= 11 is 1.95. The van der Waals surface area contributed by atoms with E-state index in [0.29, 0.717) is 6.61 Å². The molecule has 188 valence electrons. The molecular weight excluding hydrogens is 464 g/mol. The lowest BCUT2D eigenvalue weighted by molar-refractivity contribution is -0.0320. The molecule has 0 saturated carbocycles. The fourth-order valence-electron chi connectivity index (χ4n) is 4.04. The fraction of sp³-hybridized carbons (Fsp3) is 0.419. The summed E-state index contributed by atoms with van der Waals surface area (Å²) in [5.41, 5.74) is 3.44. The molecule has 1 atom stereocenters. The Bertz CT molecular complexity index is 929. The average Bonchev–Trinajstić information content (AvgIpc) is 2.88. The van der Waals surface area contributed by atoms with E-state index in [1.54, 1.807) is 0 Å². The second kappa shape index (κ2) is 11.5. The van der Waals surface area contributed by atoms with E-state index < -0.39 is 8.32 Å². The average molecular weight is 507 g/mol. The van der Waals surface area contributed by atoms with Crippen molar-refractivity contribution in [3.63, 3.8) is 0 Å². The van der Waals surface area contributed by atoms with Gasteiger partial charge in [-0.15, -0.1) is 11.8 Å². The molecule has 0 aliphatic rings. The first-order valence-corrected chi connectivity index (χ1v) is 16.5. The largest absolute Gasteiger partial charge is 0.414 e. The predicted molar refractivity (Wildman–Crippen MR) is 155 cm³/mol. The summed E-state index contributed by atoms with van der Waals surface area (Å²) in [6.07, 6.45) is 0.888. The summed E-state index contributed by atoms with van der Waals surface area (Å²) in [6, 6.07) is 32.6. The molecule has 0 N–H and O–H groups in total. The predicted octanol–water partition coefficient (Wildman–Crippen LogP) is 8.53. The van der Waals surface area contributed by atoms with Gasteiger partial charge in [0.2, 0.25) is 0 Å². The Hall–Kier alpha value is -1.85. The highest BCUT2D eigenvalue weighted by atomic mass is 32.2. The van der Waals surface area contributed by atoms with Crippen molar-refractivity contribution in [2.75, 3.05) is 19.5 Å². The zero-order chi connectivity index (χ0) is 25.6. The van der Waals surface area contributed by atoms with Crippen LogP contribution in [0, 0.1) is 0 Å². The Balaban J connectivity index is 2.06. The van der Waals surface area contributed by atoms with Crippen LogP contribution < -0.4 is 0 Å². The fourth-order valence-corrected chi connectivity index (χ4v) is 6.89. The van der Waals surface area contributed by atoms with E-state index in [1.165, 1.54) is 16.7 Å². The van der Waals surface area contributed by atoms with Crippen LogP contribution in [-0.4, -0.2) is 33.4 Å².